The molecule has 0 bridgehead atoms. The van der Waals surface area contributed by atoms with Crippen LogP contribution in [0.15, 0.2) is 35.3 Å². The Bertz CT molecular complexity index is 544. The van der Waals surface area contributed by atoms with Crippen molar-refractivity contribution in [1.82, 2.24) is 5.32 Å². The van der Waals surface area contributed by atoms with Gasteiger partial charge in [0.15, 0.2) is 0 Å². The van der Waals surface area contributed by atoms with Crippen molar-refractivity contribution in [2.24, 2.45) is 10.7 Å². The van der Waals surface area contributed by atoms with Crippen molar-refractivity contribution in [3.8, 4) is 5.75 Å². The number of hydrogen-bond acceptors (Lipinski definition) is 3. The molecule has 0 aromatic heterocycles. The van der Waals surface area contributed by atoms with Crippen LogP contribution in [0, 0.1) is 0 Å². The fourth-order valence-electron chi connectivity index (χ4n) is 2.54. The number of ether oxygens (including phenoxy) is 1. The first-order valence-electron chi connectivity index (χ1n) is 7.64. The second kappa shape index (κ2) is 8.22. The minimum Gasteiger partial charge on any atom is -0.497 e. The van der Waals surface area contributed by atoms with E-state index in [0.717, 1.165) is 24.2 Å². The first-order valence-corrected chi connectivity index (χ1v) is 7.64. The quantitative estimate of drug-likeness (QED) is 0.662. The van der Waals surface area contributed by atoms with Crippen LogP contribution < -0.4 is 15.8 Å². The van der Waals surface area contributed by atoms with Gasteiger partial charge < -0.3 is 10.5 Å². The van der Waals surface area contributed by atoms with Gasteiger partial charge in [0.25, 0.3) is 0 Å². The van der Waals surface area contributed by atoms with E-state index in [1.54, 1.807) is 13.2 Å². The highest BCUT2D eigenvalue weighted by Gasteiger charge is 2.12. The number of primary amides is 1. The average Bonchev–Trinajstić information content (AvgIpc) is 2.53. The lowest BCUT2D eigenvalue weighted by molar-refractivity contribution is 0.253. The molecule has 3 N–H and O–H groups in total. The fourth-order valence-corrected chi connectivity index (χ4v) is 2.54. The summed E-state index contributed by atoms with van der Waals surface area (Å²) in [5.74, 6) is 1.33. The fraction of sp³-hybridized carbons (Fsp3) is 0.412. The van der Waals surface area contributed by atoms with Gasteiger partial charge in [0.1, 0.15) is 11.6 Å². The molecular formula is C17H23N3O2. The summed E-state index contributed by atoms with van der Waals surface area (Å²) < 4.78 is 5.13. The zero-order chi connectivity index (χ0) is 15.8. The molecule has 0 atom stereocenters. The molecule has 1 aromatic carbocycles. The van der Waals surface area contributed by atoms with Gasteiger partial charge in [-0.1, -0.05) is 37.5 Å². The van der Waals surface area contributed by atoms with Crippen LogP contribution in [0.1, 0.15) is 37.7 Å². The standard InChI is InChI=1S/C17H23N3O2/c1-22-15-10-7-13(8-11-15)9-12-16(20-17(18)21)19-14-5-3-2-4-6-14/h7-12,14H,2-6H2,1H3,(H3,18,19,20,21)/b12-9+. The molecule has 0 aliphatic heterocycles. The van der Waals surface area contributed by atoms with Crippen LogP contribution in [0.4, 0.5) is 4.79 Å². The Morgan fingerprint density at radius 2 is 1.95 bits per heavy atom. The predicted octanol–water partition coefficient (Wildman–Crippen LogP) is 3.11. The van der Waals surface area contributed by atoms with Crippen LogP contribution in [-0.2, 0) is 0 Å². The number of nitrogens with two attached hydrogens (primary N) is 1. The summed E-state index contributed by atoms with van der Waals surface area (Å²) in [5.41, 5.74) is 6.23. The third-order valence-electron chi connectivity index (χ3n) is 3.70. The number of carbonyl (C=O) groups is 1. The number of carbonyl (C=O) groups excluding carboxylic acids is 1. The minimum absolute atomic E-state index is 0.274. The van der Waals surface area contributed by atoms with Gasteiger partial charge in [-0.05, 0) is 36.6 Å². The van der Waals surface area contributed by atoms with Crippen LogP contribution in [0.25, 0.3) is 6.08 Å². The van der Waals surface area contributed by atoms with Gasteiger partial charge in [-0.2, -0.15) is 0 Å². The molecule has 0 unspecified atom stereocenters. The number of benzene rings is 1. The highest BCUT2D eigenvalue weighted by Crippen LogP contribution is 2.20. The van der Waals surface area contributed by atoms with Gasteiger partial charge >= 0.3 is 6.03 Å². The van der Waals surface area contributed by atoms with E-state index in [9.17, 15) is 4.79 Å². The Kier molecular flexibility index (Phi) is 6.01. The maximum atomic E-state index is 11.1. The topological polar surface area (TPSA) is 76.7 Å². The number of urea groups is 1. The Balaban J connectivity index is 2.08. The van der Waals surface area contributed by atoms with E-state index in [-0.39, 0.29) is 6.04 Å². The zero-order valence-corrected chi connectivity index (χ0v) is 12.9. The van der Waals surface area contributed by atoms with Crippen LogP contribution in [0.2, 0.25) is 0 Å². The minimum atomic E-state index is -0.589. The lowest BCUT2D eigenvalue weighted by Crippen LogP contribution is -2.35. The van der Waals surface area contributed by atoms with E-state index < -0.39 is 6.03 Å². The number of amides is 2. The monoisotopic (exact) mass is 301 g/mol. The van der Waals surface area contributed by atoms with E-state index in [1.165, 1.54) is 19.3 Å². The maximum Gasteiger partial charge on any atom is 0.317 e. The van der Waals surface area contributed by atoms with Crippen molar-refractivity contribution in [3.63, 3.8) is 0 Å². The number of nitrogens with zero attached hydrogens (tertiary/aromatic N) is 1. The van der Waals surface area contributed by atoms with Crippen molar-refractivity contribution < 1.29 is 9.53 Å². The third kappa shape index (κ3) is 5.24. The highest BCUT2D eigenvalue weighted by molar-refractivity contribution is 6.05. The SMILES string of the molecule is COc1ccc(/C=C/C(=NC2CCCCC2)NC(N)=O)cc1. The summed E-state index contributed by atoms with van der Waals surface area (Å²) in [6.45, 7) is 0. The second-order valence-corrected chi connectivity index (χ2v) is 5.40. The first-order chi connectivity index (χ1) is 10.7. The average molecular weight is 301 g/mol. The lowest BCUT2D eigenvalue weighted by Gasteiger charge is -2.18. The number of rotatable bonds is 4. The molecule has 5 nitrogen and oxygen atoms in total. The molecule has 1 aromatic rings. The van der Waals surface area contributed by atoms with Gasteiger partial charge in [-0.3, -0.25) is 10.3 Å². The second-order valence-electron chi connectivity index (χ2n) is 5.40. The molecule has 1 saturated carbocycles. The maximum absolute atomic E-state index is 11.1. The lowest BCUT2D eigenvalue weighted by atomic mass is 9.96. The summed E-state index contributed by atoms with van der Waals surface area (Å²) in [6, 6.07) is 7.35. The predicted molar refractivity (Wildman–Crippen MR) is 89.1 cm³/mol. The molecule has 0 radical (unpaired) electrons. The number of aliphatic imine (C=N–C) groups is 1. The van der Waals surface area contributed by atoms with E-state index >= 15 is 0 Å². The van der Waals surface area contributed by atoms with Crippen LogP contribution in [-0.4, -0.2) is 25.0 Å². The normalized spacial score (nSPS) is 16.7. The largest absolute Gasteiger partial charge is 0.497 e. The Morgan fingerprint density at radius 1 is 1.27 bits per heavy atom. The molecule has 118 valence electrons. The summed E-state index contributed by atoms with van der Waals surface area (Å²) >= 11 is 0. The summed E-state index contributed by atoms with van der Waals surface area (Å²) in [4.78, 5) is 15.7. The number of methoxy groups -OCH3 is 1. The van der Waals surface area contributed by atoms with E-state index in [2.05, 4.69) is 10.3 Å². The smallest absolute Gasteiger partial charge is 0.317 e. The zero-order valence-electron chi connectivity index (χ0n) is 12.9. The molecule has 1 aliphatic rings. The molecule has 2 amide bonds. The van der Waals surface area contributed by atoms with Crippen LogP contribution in [0.5, 0.6) is 5.75 Å². The van der Waals surface area contributed by atoms with Crippen molar-refractivity contribution in [2.75, 3.05) is 7.11 Å². The molecule has 0 spiro atoms. The number of nitrogens with one attached hydrogen (secondary N) is 1. The van der Waals surface area contributed by atoms with E-state index in [1.807, 2.05) is 30.3 Å². The third-order valence-corrected chi connectivity index (χ3v) is 3.70. The van der Waals surface area contributed by atoms with Crippen molar-refractivity contribution in [3.05, 3.63) is 35.9 Å². The molecule has 0 saturated heterocycles. The number of amidine groups is 1. The van der Waals surface area contributed by atoms with Crippen molar-refractivity contribution in [1.29, 1.82) is 0 Å². The summed E-state index contributed by atoms with van der Waals surface area (Å²) in [6.07, 6.45) is 9.49. The molecule has 22 heavy (non-hydrogen) atoms. The Morgan fingerprint density at radius 3 is 2.55 bits per heavy atom. The Labute approximate surface area is 131 Å². The Hall–Kier alpha value is -2.30. The van der Waals surface area contributed by atoms with Gasteiger partial charge in [0.05, 0.1) is 13.2 Å². The molecular weight excluding hydrogens is 278 g/mol. The van der Waals surface area contributed by atoms with Crippen molar-refractivity contribution >= 4 is 17.9 Å². The van der Waals surface area contributed by atoms with Crippen molar-refractivity contribution in [2.45, 2.75) is 38.1 Å². The molecule has 0 heterocycles. The van der Waals surface area contributed by atoms with Crippen LogP contribution in [0.3, 0.4) is 0 Å². The highest BCUT2D eigenvalue weighted by atomic mass is 16.5. The van der Waals surface area contributed by atoms with E-state index in [0.29, 0.717) is 5.84 Å². The van der Waals surface area contributed by atoms with Gasteiger partial charge in [0, 0.05) is 0 Å². The van der Waals surface area contributed by atoms with Crippen LogP contribution >= 0.6 is 0 Å². The first kappa shape index (κ1) is 16.1. The summed E-state index contributed by atoms with van der Waals surface area (Å²) in [5, 5.41) is 2.60. The van der Waals surface area contributed by atoms with Gasteiger partial charge in [-0.15, -0.1) is 0 Å². The molecule has 1 fully saturated rings. The summed E-state index contributed by atoms with van der Waals surface area (Å²) in [7, 11) is 1.64. The number of hydrogen-bond donors (Lipinski definition) is 2. The van der Waals surface area contributed by atoms with Gasteiger partial charge in [0.2, 0.25) is 0 Å². The molecule has 1 aliphatic carbocycles. The van der Waals surface area contributed by atoms with E-state index in [4.69, 9.17) is 10.5 Å². The van der Waals surface area contributed by atoms with Gasteiger partial charge in [-0.25, -0.2) is 4.79 Å². The molecule has 5 heteroatoms. The molecule has 2 rings (SSSR count).